The molecule has 194 valence electrons. The van der Waals surface area contributed by atoms with Crippen molar-refractivity contribution in [2.75, 3.05) is 13.2 Å². The smallest absolute Gasteiger partial charge is 0.269 e. The van der Waals surface area contributed by atoms with E-state index in [0.29, 0.717) is 18.0 Å². The van der Waals surface area contributed by atoms with Crippen molar-refractivity contribution in [1.29, 1.82) is 0 Å². The number of non-ortho nitro benzene ring substituents is 1. The van der Waals surface area contributed by atoms with Gasteiger partial charge in [0.15, 0.2) is 0 Å². The third kappa shape index (κ3) is 8.86. The zero-order chi connectivity index (χ0) is 26.4. The molecule has 0 N–H and O–H groups in total. The fraction of sp³-hybridized carbons (Fsp3) is 0.241. The predicted octanol–water partition coefficient (Wildman–Crippen LogP) is 7.05. The van der Waals surface area contributed by atoms with Crippen molar-refractivity contribution < 1.29 is 9.66 Å². The van der Waals surface area contributed by atoms with Crippen LogP contribution >= 0.6 is 0 Å². The number of ether oxygens (including phenoxy) is 1. The minimum atomic E-state index is -0.443. The second-order valence-electron chi connectivity index (χ2n) is 8.73. The number of rotatable bonds is 14. The number of nitro groups is 1. The van der Waals surface area contributed by atoms with Gasteiger partial charge in [-0.2, -0.15) is 10.2 Å². The minimum Gasteiger partial charge on any atom is -0.494 e. The summed E-state index contributed by atoms with van der Waals surface area (Å²) < 4.78 is 5.89. The minimum absolute atomic E-state index is 0.0248. The van der Waals surface area contributed by atoms with E-state index in [9.17, 15) is 10.1 Å². The van der Waals surface area contributed by atoms with Gasteiger partial charge in [0.05, 0.1) is 34.3 Å². The van der Waals surface area contributed by atoms with E-state index < -0.39 is 4.92 Å². The van der Waals surface area contributed by atoms with Crippen LogP contribution in [0.4, 0.5) is 17.1 Å². The molecule has 0 bridgehead atoms. The van der Waals surface area contributed by atoms with Gasteiger partial charge in [-0.25, -0.2) is 0 Å². The van der Waals surface area contributed by atoms with E-state index in [4.69, 9.17) is 4.74 Å². The molecule has 0 aliphatic heterocycles. The lowest BCUT2D eigenvalue weighted by Crippen LogP contribution is -2.25. The number of nitrogens with zero attached hydrogens (tertiary/aromatic N) is 6. The number of aromatic nitrogens is 2. The molecule has 2 aromatic heterocycles. The maximum absolute atomic E-state index is 10.7. The molecule has 9 heteroatoms. The normalized spacial score (nSPS) is 11.2. The SMILES string of the molecule is O=[N+]([O-])c1ccc(N=Nc2ccc(OCCCCCN(Cc3ccccn3)Cc3ccccn3)cc2)cc1. The second kappa shape index (κ2) is 14.3. The van der Waals surface area contributed by atoms with Crippen LogP contribution in [-0.4, -0.2) is 32.9 Å². The second-order valence-corrected chi connectivity index (χ2v) is 8.73. The number of nitro benzene ring substituents is 1. The Kier molecular flexibility index (Phi) is 9.99. The van der Waals surface area contributed by atoms with E-state index in [1.807, 2.05) is 60.9 Å². The Hall–Kier alpha value is -4.50. The summed E-state index contributed by atoms with van der Waals surface area (Å²) in [6.07, 6.45) is 6.75. The molecule has 0 unspecified atom stereocenters. The maximum Gasteiger partial charge on any atom is 0.269 e. The first-order chi connectivity index (χ1) is 18.7. The first-order valence-corrected chi connectivity index (χ1v) is 12.6. The standard InChI is InChI=1S/C29H30N6O3/c36-35(37)28-14-10-24(11-15-28)32-33-25-12-16-29(17-13-25)38-21-7-1-6-20-34(22-26-8-2-4-18-30-26)23-27-9-3-5-19-31-27/h2-5,8-19H,1,6-7,20-23H2. The average Bonchev–Trinajstić information content (AvgIpc) is 2.95. The van der Waals surface area contributed by atoms with Gasteiger partial charge >= 0.3 is 0 Å². The molecule has 4 aromatic rings. The Balaban J connectivity index is 1.18. The Morgan fingerprint density at radius 2 is 1.32 bits per heavy atom. The quantitative estimate of drug-likeness (QED) is 0.0778. The van der Waals surface area contributed by atoms with E-state index in [-0.39, 0.29) is 5.69 Å². The Labute approximate surface area is 222 Å². The molecule has 0 atom stereocenters. The molecule has 2 heterocycles. The lowest BCUT2D eigenvalue weighted by atomic mass is 10.2. The van der Waals surface area contributed by atoms with Crippen LogP contribution in [0.5, 0.6) is 5.75 Å². The number of hydrogen-bond acceptors (Lipinski definition) is 8. The highest BCUT2D eigenvalue weighted by atomic mass is 16.6. The highest BCUT2D eigenvalue weighted by Crippen LogP contribution is 2.23. The number of benzene rings is 2. The molecule has 2 aromatic carbocycles. The Morgan fingerprint density at radius 3 is 1.84 bits per heavy atom. The molecular formula is C29H30N6O3. The third-order valence-corrected chi connectivity index (χ3v) is 5.79. The highest BCUT2D eigenvalue weighted by molar-refractivity contribution is 5.45. The van der Waals surface area contributed by atoms with Crippen LogP contribution in [0.15, 0.2) is 108 Å². The van der Waals surface area contributed by atoms with Gasteiger partial charge in [-0.3, -0.25) is 25.0 Å². The zero-order valence-electron chi connectivity index (χ0n) is 21.1. The maximum atomic E-state index is 10.7. The van der Waals surface area contributed by atoms with Gasteiger partial charge in [0.1, 0.15) is 5.75 Å². The largest absolute Gasteiger partial charge is 0.494 e. The average molecular weight is 511 g/mol. The van der Waals surface area contributed by atoms with E-state index >= 15 is 0 Å². The molecule has 38 heavy (non-hydrogen) atoms. The molecule has 4 rings (SSSR count). The first kappa shape index (κ1) is 26.6. The summed E-state index contributed by atoms with van der Waals surface area (Å²) in [7, 11) is 0. The fourth-order valence-corrected chi connectivity index (χ4v) is 3.83. The van der Waals surface area contributed by atoms with Gasteiger partial charge in [-0.05, 0) is 86.5 Å². The van der Waals surface area contributed by atoms with E-state index in [1.165, 1.54) is 12.1 Å². The summed E-state index contributed by atoms with van der Waals surface area (Å²) in [6, 6.07) is 25.4. The van der Waals surface area contributed by atoms with Gasteiger partial charge in [0, 0.05) is 37.6 Å². The Morgan fingerprint density at radius 1 is 0.737 bits per heavy atom. The summed E-state index contributed by atoms with van der Waals surface area (Å²) in [6.45, 7) is 3.19. The van der Waals surface area contributed by atoms with Crippen molar-refractivity contribution in [3.8, 4) is 5.75 Å². The van der Waals surface area contributed by atoms with Crippen molar-refractivity contribution in [3.05, 3.63) is 119 Å². The molecular weight excluding hydrogens is 480 g/mol. The van der Waals surface area contributed by atoms with Crippen LogP contribution in [0.2, 0.25) is 0 Å². The highest BCUT2D eigenvalue weighted by Gasteiger charge is 2.09. The van der Waals surface area contributed by atoms with Gasteiger partial charge in [0.25, 0.3) is 5.69 Å². The van der Waals surface area contributed by atoms with Gasteiger partial charge in [-0.15, -0.1) is 0 Å². The lowest BCUT2D eigenvalue weighted by Gasteiger charge is -2.21. The van der Waals surface area contributed by atoms with Crippen molar-refractivity contribution in [2.45, 2.75) is 32.4 Å². The van der Waals surface area contributed by atoms with Crippen molar-refractivity contribution in [1.82, 2.24) is 14.9 Å². The van der Waals surface area contributed by atoms with E-state index in [1.54, 1.807) is 12.1 Å². The molecule has 0 fully saturated rings. The van der Waals surface area contributed by atoms with Crippen molar-refractivity contribution in [2.24, 2.45) is 10.2 Å². The van der Waals surface area contributed by atoms with Crippen molar-refractivity contribution >= 4 is 17.1 Å². The molecule has 0 aliphatic rings. The van der Waals surface area contributed by atoms with Crippen molar-refractivity contribution in [3.63, 3.8) is 0 Å². The molecule has 0 saturated carbocycles. The van der Waals surface area contributed by atoms with Gasteiger partial charge in [0.2, 0.25) is 0 Å². The van der Waals surface area contributed by atoms with Crippen LogP contribution < -0.4 is 4.74 Å². The molecule has 0 radical (unpaired) electrons. The monoisotopic (exact) mass is 510 g/mol. The molecule has 0 spiro atoms. The van der Waals surface area contributed by atoms with Crippen LogP contribution in [0.3, 0.4) is 0 Å². The fourth-order valence-electron chi connectivity index (χ4n) is 3.83. The summed E-state index contributed by atoms with van der Waals surface area (Å²) in [5, 5.41) is 19.0. The summed E-state index contributed by atoms with van der Waals surface area (Å²) in [4.78, 5) is 21.6. The topological polar surface area (TPSA) is 106 Å². The summed E-state index contributed by atoms with van der Waals surface area (Å²) in [5.41, 5.74) is 3.37. The molecule has 0 saturated heterocycles. The number of pyridine rings is 2. The van der Waals surface area contributed by atoms with Crippen LogP contribution in [0, 0.1) is 10.1 Å². The third-order valence-electron chi connectivity index (χ3n) is 5.79. The van der Waals surface area contributed by atoms with Gasteiger partial charge in [-0.1, -0.05) is 12.1 Å². The number of unbranched alkanes of at least 4 members (excludes halogenated alkanes) is 2. The summed E-state index contributed by atoms with van der Waals surface area (Å²) in [5.74, 6) is 0.784. The first-order valence-electron chi connectivity index (χ1n) is 12.6. The van der Waals surface area contributed by atoms with E-state index in [2.05, 4.69) is 37.2 Å². The lowest BCUT2D eigenvalue weighted by molar-refractivity contribution is -0.384. The number of azo groups is 1. The van der Waals surface area contributed by atoms with Crippen LogP contribution in [0.25, 0.3) is 0 Å². The molecule has 0 amide bonds. The summed E-state index contributed by atoms with van der Waals surface area (Å²) >= 11 is 0. The molecule has 0 aliphatic carbocycles. The zero-order valence-corrected chi connectivity index (χ0v) is 21.1. The number of hydrogen-bond donors (Lipinski definition) is 0. The van der Waals surface area contributed by atoms with Gasteiger partial charge < -0.3 is 4.74 Å². The van der Waals surface area contributed by atoms with Crippen LogP contribution in [0.1, 0.15) is 30.7 Å². The van der Waals surface area contributed by atoms with E-state index in [0.717, 1.165) is 56.0 Å². The predicted molar refractivity (Wildman–Crippen MR) is 146 cm³/mol. The Bertz CT molecular complexity index is 1240. The van der Waals surface area contributed by atoms with Crippen LogP contribution in [-0.2, 0) is 13.1 Å². The molecule has 9 nitrogen and oxygen atoms in total.